The van der Waals surface area contributed by atoms with Crippen LogP contribution >= 0.6 is 0 Å². The lowest BCUT2D eigenvalue weighted by atomic mass is 9.90. The first kappa shape index (κ1) is 11.9. The lowest BCUT2D eigenvalue weighted by molar-refractivity contribution is -0.121. The zero-order valence-electron chi connectivity index (χ0n) is 10.5. The first-order valence-corrected chi connectivity index (χ1v) is 5.95. The molecule has 2 rings (SSSR count). The van der Waals surface area contributed by atoms with Gasteiger partial charge in [0, 0.05) is 5.92 Å². The summed E-state index contributed by atoms with van der Waals surface area (Å²) in [6.45, 7) is 6.14. The van der Waals surface area contributed by atoms with Crippen molar-refractivity contribution >= 4 is 5.78 Å². The van der Waals surface area contributed by atoms with E-state index in [1.165, 1.54) is 0 Å². The van der Waals surface area contributed by atoms with Crippen molar-refractivity contribution in [1.82, 2.24) is 0 Å². The number of nitriles is 1. The third kappa shape index (κ3) is 2.24. The Labute approximate surface area is 102 Å². The number of aryl methyl sites for hydroxylation is 1. The van der Waals surface area contributed by atoms with Crippen molar-refractivity contribution < 1.29 is 4.79 Å². The first-order chi connectivity index (χ1) is 7.95. The third-order valence-electron chi connectivity index (χ3n) is 3.65. The van der Waals surface area contributed by atoms with Gasteiger partial charge < -0.3 is 0 Å². The monoisotopic (exact) mass is 227 g/mol. The quantitative estimate of drug-likeness (QED) is 0.795. The van der Waals surface area contributed by atoms with E-state index in [1.54, 1.807) is 0 Å². The standard InChI is InChI=1S/C15H17NO/c1-10-5-4-6-11(7-10)12(9-16)14(17)13-8-15(13,2)3/h4-7,12-13H,8H2,1-3H3. The highest BCUT2D eigenvalue weighted by Crippen LogP contribution is 2.53. The smallest absolute Gasteiger partial charge is 0.158 e. The fourth-order valence-electron chi connectivity index (χ4n) is 2.31. The van der Waals surface area contributed by atoms with E-state index in [4.69, 9.17) is 0 Å². The van der Waals surface area contributed by atoms with Gasteiger partial charge in [-0.2, -0.15) is 5.26 Å². The van der Waals surface area contributed by atoms with Gasteiger partial charge in [-0.25, -0.2) is 0 Å². The summed E-state index contributed by atoms with van der Waals surface area (Å²) in [5.74, 6) is -0.447. The molecule has 0 N–H and O–H groups in total. The highest BCUT2D eigenvalue weighted by molar-refractivity contribution is 5.93. The number of hydrogen-bond donors (Lipinski definition) is 0. The molecule has 0 spiro atoms. The molecule has 1 aliphatic carbocycles. The van der Waals surface area contributed by atoms with Gasteiger partial charge in [0.15, 0.2) is 5.78 Å². The zero-order valence-corrected chi connectivity index (χ0v) is 10.5. The van der Waals surface area contributed by atoms with Crippen LogP contribution in [0, 0.1) is 29.6 Å². The zero-order chi connectivity index (χ0) is 12.6. The number of hydrogen-bond acceptors (Lipinski definition) is 2. The normalized spacial score (nSPS) is 22.6. The number of rotatable bonds is 3. The van der Waals surface area contributed by atoms with Gasteiger partial charge in [-0.05, 0) is 24.3 Å². The molecule has 2 atom stereocenters. The van der Waals surface area contributed by atoms with Gasteiger partial charge in [-0.1, -0.05) is 43.7 Å². The van der Waals surface area contributed by atoms with E-state index < -0.39 is 5.92 Å². The van der Waals surface area contributed by atoms with Crippen LogP contribution in [0.15, 0.2) is 24.3 Å². The van der Waals surface area contributed by atoms with Crippen molar-refractivity contribution in [1.29, 1.82) is 5.26 Å². The first-order valence-electron chi connectivity index (χ1n) is 5.95. The van der Waals surface area contributed by atoms with E-state index in [-0.39, 0.29) is 17.1 Å². The van der Waals surface area contributed by atoms with E-state index >= 15 is 0 Å². The van der Waals surface area contributed by atoms with Crippen LogP contribution in [0.3, 0.4) is 0 Å². The number of carbonyl (C=O) groups excluding carboxylic acids is 1. The van der Waals surface area contributed by atoms with Crippen molar-refractivity contribution in [2.75, 3.05) is 0 Å². The van der Waals surface area contributed by atoms with Crippen molar-refractivity contribution in [3.8, 4) is 6.07 Å². The second-order valence-electron chi connectivity index (χ2n) is 5.62. The Kier molecular flexibility index (Phi) is 2.79. The van der Waals surface area contributed by atoms with Crippen LogP contribution in [0.4, 0.5) is 0 Å². The van der Waals surface area contributed by atoms with Crippen LogP contribution < -0.4 is 0 Å². The minimum atomic E-state index is -0.596. The second-order valence-corrected chi connectivity index (χ2v) is 5.62. The highest BCUT2D eigenvalue weighted by atomic mass is 16.1. The molecule has 0 aliphatic heterocycles. The summed E-state index contributed by atoms with van der Waals surface area (Å²) in [5, 5.41) is 9.22. The number of benzene rings is 1. The molecule has 1 aliphatic rings. The van der Waals surface area contributed by atoms with Gasteiger partial charge in [0.1, 0.15) is 5.92 Å². The third-order valence-corrected chi connectivity index (χ3v) is 3.65. The Bertz CT molecular complexity index is 496. The molecular weight excluding hydrogens is 210 g/mol. The molecule has 1 aromatic rings. The summed E-state index contributed by atoms with van der Waals surface area (Å²) in [7, 11) is 0. The van der Waals surface area contributed by atoms with Crippen LogP contribution in [0.5, 0.6) is 0 Å². The van der Waals surface area contributed by atoms with Crippen molar-refractivity contribution in [3.05, 3.63) is 35.4 Å². The van der Waals surface area contributed by atoms with E-state index in [0.29, 0.717) is 0 Å². The molecule has 17 heavy (non-hydrogen) atoms. The Morgan fingerprint density at radius 1 is 1.53 bits per heavy atom. The predicted octanol–water partition coefficient (Wildman–Crippen LogP) is 3.22. The second kappa shape index (κ2) is 4.00. The Morgan fingerprint density at radius 2 is 2.18 bits per heavy atom. The molecule has 2 heteroatoms. The van der Waals surface area contributed by atoms with E-state index in [2.05, 4.69) is 19.9 Å². The van der Waals surface area contributed by atoms with E-state index in [9.17, 15) is 10.1 Å². The molecule has 2 nitrogen and oxygen atoms in total. The van der Waals surface area contributed by atoms with Crippen LogP contribution in [0.2, 0.25) is 0 Å². The lowest BCUT2D eigenvalue weighted by Crippen LogP contribution is -2.15. The van der Waals surface area contributed by atoms with Crippen molar-refractivity contribution in [2.24, 2.45) is 11.3 Å². The molecule has 1 fully saturated rings. The average molecular weight is 227 g/mol. The number of Topliss-reactive ketones (excluding diaryl/α,β-unsaturated/α-hetero) is 1. The lowest BCUT2D eigenvalue weighted by Gasteiger charge is -2.10. The maximum atomic E-state index is 12.2. The van der Waals surface area contributed by atoms with Gasteiger partial charge in [0.25, 0.3) is 0 Å². The SMILES string of the molecule is Cc1cccc(C(C#N)C(=O)C2CC2(C)C)c1. The number of ketones is 1. The summed E-state index contributed by atoms with van der Waals surface area (Å²) in [6, 6.07) is 9.83. The Hall–Kier alpha value is -1.62. The number of carbonyl (C=O) groups is 1. The Morgan fingerprint density at radius 3 is 2.65 bits per heavy atom. The summed E-state index contributed by atoms with van der Waals surface area (Å²) < 4.78 is 0. The summed E-state index contributed by atoms with van der Waals surface area (Å²) in [4.78, 5) is 12.2. The maximum Gasteiger partial charge on any atom is 0.158 e. The molecule has 0 heterocycles. The van der Waals surface area contributed by atoms with Crippen LogP contribution in [0.1, 0.15) is 37.3 Å². The highest BCUT2D eigenvalue weighted by Gasteiger charge is 2.52. The maximum absolute atomic E-state index is 12.2. The predicted molar refractivity (Wildman–Crippen MR) is 66.4 cm³/mol. The van der Waals surface area contributed by atoms with E-state index in [1.807, 2.05) is 31.2 Å². The van der Waals surface area contributed by atoms with Gasteiger partial charge in [0.05, 0.1) is 6.07 Å². The topological polar surface area (TPSA) is 40.9 Å². The fraction of sp³-hybridized carbons (Fsp3) is 0.467. The largest absolute Gasteiger partial charge is 0.298 e. The molecule has 0 radical (unpaired) electrons. The van der Waals surface area contributed by atoms with Gasteiger partial charge in [-0.3, -0.25) is 4.79 Å². The summed E-state index contributed by atoms with van der Waals surface area (Å²) in [5.41, 5.74) is 2.02. The molecular formula is C15H17NO. The fourth-order valence-corrected chi connectivity index (χ4v) is 2.31. The van der Waals surface area contributed by atoms with Crippen molar-refractivity contribution in [2.45, 2.75) is 33.1 Å². The van der Waals surface area contributed by atoms with Crippen LogP contribution in [0.25, 0.3) is 0 Å². The number of nitrogens with zero attached hydrogens (tertiary/aromatic N) is 1. The molecule has 0 amide bonds. The van der Waals surface area contributed by atoms with Crippen LogP contribution in [-0.2, 0) is 4.79 Å². The minimum absolute atomic E-state index is 0.0627. The summed E-state index contributed by atoms with van der Waals surface area (Å²) >= 11 is 0. The van der Waals surface area contributed by atoms with Gasteiger partial charge in [-0.15, -0.1) is 0 Å². The molecule has 0 bridgehead atoms. The molecule has 2 unspecified atom stereocenters. The van der Waals surface area contributed by atoms with Crippen molar-refractivity contribution in [3.63, 3.8) is 0 Å². The molecule has 0 saturated heterocycles. The molecule has 1 saturated carbocycles. The van der Waals surface area contributed by atoms with Gasteiger partial charge >= 0.3 is 0 Å². The summed E-state index contributed by atoms with van der Waals surface area (Å²) in [6.07, 6.45) is 0.913. The van der Waals surface area contributed by atoms with Crippen LogP contribution in [-0.4, -0.2) is 5.78 Å². The molecule has 88 valence electrons. The minimum Gasteiger partial charge on any atom is -0.298 e. The van der Waals surface area contributed by atoms with E-state index in [0.717, 1.165) is 17.5 Å². The average Bonchev–Trinajstić information content (AvgIpc) is 2.89. The van der Waals surface area contributed by atoms with Gasteiger partial charge in [0.2, 0.25) is 0 Å². The molecule has 1 aromatic carbocycles. The Balaban J connectivity index is 2.24. The molecule has 0 aromatic heterocycles.